The van der Waals surface area contributed by atoms with Crippen molar-refractivity contribution in [3.05, 3.63) is 59.2 Å². The van der Waals surface area contributed by atoms with Crippen LogP contribution in [0.15, 0.2) is 36.4 Å². The van der Waals surface area contributed by atoms with Gasteiger partial charge in [-0.3, -0.25) is 0 Å². The summed E-state index contributed by atoms with van der Waals surface area (Å²) >= 11 is 0. The van der Waals surface area contributed by atoms with Crippen LogP contribution in [-0.2, 0) is 6.18 Å². The predicted molar refractivity (Wildman–Crippen MR) is 68.0 cm³/mol. The third-order valence-corrected chi connectivity index (χ3v) is 2.78. The van der Waals surface area contributed by atoms with E-state index in [4.69, 9.17) is 5.11 Å². The van der Waals surface area contributed by atoms with E-state index >= 15 is 0 Å². The van der Waals surface area contributed by atoms with Gasteiger partial charge in [-0.05, 0) is 30.3 Å². The normalized spacial score (nSPS) is 11.3. The number of aromatic carboxylic acids is 1. The molecule has 2 rings (SSSR count). The number of anilines is 2. The van der Waals surface area contributed by atoms with Gasteiger partial charge in [-0.1, -0.05) is 0 Å². The molecule has 0 aliphatic rings. The van der Waals surface area contributed by atoms with Gasteiger partial charge in [0.2, 0.25) is 0 Å². The Bertz CT molecular complexity index is 728. The van der Waals surface area contributed by atoms with Gasteiger partial charge in [0, 0.05) is 6.07 Å². The Morgan fingerprint density at radius 2 is 1.68 bits per heavy atom. The Morgan fingerprint density at radius 1 is 1.00 bits per heavy atom. The highest BCUT2D eigenvalue weighted by Gasteiger charge is 2.31. The molecule has 0 aliphatic carbocycles. The fraction of sp³-hybridized carbons (Fsp3) is 0.0714. The minimum absolute atomic E-state index is 0.344. The van der Waals surface area contributed by atoms with Crippen LogP contribution in [0.3, 0.4) is 0 Å². The number of alkyl halides is 3. The fourth-order valence-electron chi connectivity index (χ4n) is 1.75. The number of carbonyl (C=O) groups is 1. The van der Waals surface area contributed by atoms with Crippen LogP contribution in [0.5, 0.6) is 0 Å². The first-order chi connectivity index (χ1) is 10.2. The molecule has 0 unspecified atom stereocenters. The lowest BCUT2D eigenvalue weighted by Gasteiger charge is -2.14. The lowest BCUT2D eigenvalue weighted by molar-refractivity contribution is -0.137. The van der Waals surface area contributed by atoms with Gasteiger partial charge in [0.25, 0.3) is 0 Å². The molecular weight excluding hydrogens is 309 g/mol. The average Bonchev–Trinajstić information content (AvgIpc) is 2.40. The Balaban J connectivity index is 2.49. The molecule has 0 saturated carbocycles. The van der Waals surface area contributed by atoms with Gasteiger partial charge < -0.3 is 10.4 Å². The molecule has 2 aromatic rings. The summed E-state index contributed by atoms with van der Waals surface area (Å²) in [6.45, 7) is 0. The fourth-order valence-corrected chi connectivity index (χ4v) is 1.75. The standard InChI is InChI=1S/C14H8F5NO2/c15-8-2-4-11(10(16)6-8)20-12-5-7(14(17,18)19)1-3-9(12)13(21)22/h1-6,20H,(H,21,22). The summed E-state index contributed by atoms with van der Waals surface area (Å²) in [7, 11) is 0. The second kappa shape index (κ2) is 5.63. The van der Waals surface area contributed by atoms with Gasteiger partial charge in [0.1, 0.15) is 11.6 Å². The zero-order valence-corrected chi connectivity index (χ0v) is 10.7. The summed E-state index contributed by atoms with van der Waals surface area (Å²) in [5.41, 5.74) is -2.37. The third-order valence-electron chi connectivity index (χ3n) is 2.78. The molecule has 0 aliphatic heterocycles. The molecule has 0 saturated heterocycles. The van der Waals surface area contributed by atoms with Crippen molar-refractivity contribution in [1.82, 2.24) is 0 Å². The molecule has 3 nitrogen and oxygen atoms in total. The Labute approximate surface area is 121 Å². The van der Waals surface area contributed by atoms with Crippen molar-refractivity contribution in [1.29, 1.82) is 0 Å². The zero-order chi connectivity index (χ0) is 16.5. The van der Waals surface area contributed by atoms with Gasteiger partial charge >= 0.3 is 12.1 Å². The monoisotopic (exact) mass is 317 g/mol. The third kappa shape index (κ3) is 3.33. The van der Waals surface area contributed by atoms with E-state index in [9.17, 15) is 26.7 Å². The van der Waals surface area contributed by atoms with Crippen LogP contribution in [0.2, 0.25) is 0 Å². The van der Waals surface area contributed by atoms with E-state index in [1.165, 1.54) is 0 Å². The van der Waals surface area contributed by atoms with Crippen LogP contribution in [-0.4, -0.2) is 11.1 Å². The molecule has 116 valence electrons. The van der Waals surface area contributed by atoms with Crippen molar-refractivity contribution >= 4 is 17.3 Å². The highest BCUT2D eigenvalue weighted by Crippen LogP contribution is 2.33. The lowest BCUT2D eigenvalue weighted by Crippen LogP contribution is -2.09. The largest absolute Gasteiger partial charge is 0.478 e. The molecule has 22 heavy (non-hydrogen) atoms. The first-order valence-electron chi connectivity index (χ1n) is 5.85. The van der Waals surface area contributed by atoms with Crippen LogP contribution < -0.4 is 5.32 Å². The molecule has 0 atom stereocenters. The van der Waals surface area contributed by atoms with E-state index in [0.29, 0.717) is 18.2 Å². The Kier molecular flexibility index (Phi) is 4.03. The van der Waals surface area contributed by atoms with Crippen LogP contribution >= 0.6 is 0 Å². The SMILES string of the molecule is O=C(O)c1ccc(C(F)(F)F)cc1Nc1ccc(F)cc1F. The minimum Gasteiger partial charge on any atom is -0.478 e. The molecule has 0 fully saturated rings. The van der Waals surface area contributed by atoms with Crippen molar-refractivity contribution < 1.29 is 31.9 Å². The molecule has 0 bridgehead atoms. The van der Waals surface area contributed by atoms with E-state index < -0.39 is 40.6 Å². The second-order valence-electron chi connectivity index (χ2n) is 4.31. The number of nitrogens with one attached hydrogen (secondary N) is 1. The van der Waals surface area contributed by atoms with Crippen molar-refractivity contribution in [2.45, 2.75) is 6.18 Å². The van der Waals surface area contributed by atoms with Crippen LogP contribution in [0.1, 0.15) is 15.9 Å². The molecule has 8 heteroatoms. The van der Waals surface area contributed by atoms with Crippen molar-refractivity contribution in [3.8, 4) is 0 Å². The number of carboxylic acids is 1. The van der Waals surface area contributed by atoms with E-state index in [1.807, 2.05) is 0 Å². The van der Waals surface area contributed by atoms with Gasteiger partial charge in [0.05, 0.1) is 22.5 Å². The topological polar surface area (TPSA) is 49.3 Å². The number of hydrogen-bond donors (Lipinski definition) is 2. The first-order valence-corrected chi connectivity index (χ1v) is 5.85. The summed E-state index contributed by atoms with van der Waals surface area (Å²) in [6, 6.07) is 4.28. The number of benzene rings is 2. The predicted octanol–water partition coefficient (Wildman–Crippen LogP) is 4.43. The van der Waals surface area contributed by atoms with Crippen molar-refractivity contribution in [2.24, 2.45) is 0 Å². The summed E-state index contributed by atoms with van der Waals surface area (Å²) in [6.07, 6.45) is -4.69. The summed E-state index contributed by atoms with van der Waals surface area (Å²) < 4.78 is 64.4. The molecule has 0 spiro atoms. The van der Waals surface area contributed by atoms with E-state index in [-0.39, 0.29) is 5.69 Å². The maximum Gasteiger partial charge on any atom is 0.416 e. The van der Waals surface area contributed by atoms with Gasteiger partial charge in [-0.25, -0.2) is 13.6 Å². The van der Waals surface area contributed by atoms with Crippen LogP contribution in [0.4, 0.5) is 33.3 Å². The number of halogens is 5. The molecule has 0 radical (unpaired) electrons. The molecule has 2 aromatic carbocycles. The Hall–Kier alpha value is -2.64. The van der Waals surface area contributed by atoms with Crippen molar-refractivity contribution in [3.63, 3.8) is 0 Å². The molecule has 0 amide bonds. The van der Waals surface area contributed by atoms with Gasteiger partial charge in [0.15, 0.2) is 0 Å². The summed E-state index contributed by atoms with van der Waals surface area (Å²) in [5, 5.41) is 11.2. The zero-order valence-electron chi connectivity index (χ0n) is 10.7. The second-order valence-corrected chi connectivity index (χ2v) is 4.31. The lowest BCUT2D eigenvalue weighted by atomic mass is 10.1. The maximum atomic E-state index is 13.5. The highest BCUT2D eigenvalue weighted by atomic mass is 19.4. The average molecular weight is 317 g/mol. The van der Waals surface area contributed by atoms with Gasteiger partial charge in [-0.2, -0.15) is 13.2 Å². The molecule has 0 heterocycles. The number of hydrogen-bond acceptors (Lipinski definition) is 2. The minimum atomic E-state index is -4.69. The van der Waals surface area contributed by atoms with Gasteiger partial charge in [-0.15, -0.1) is 0 Å². The smallest absolute Gasteiger partial charge is 0.416 e. The highest BCUT2D eigenvalue weighted by molar-refractivity contribution is 5.95. The van der Waals surface area contributed by atoms with Crippen molar-refractivity contribution in [2.75, 3.05) is 5.32 Å². The molecular formula is C14H8F5NO2. The maximum absolute atomic E-state index is 13.5. The van der Waals surface area contributed by atoms with E-state index in [0.717, 1.165) is 18.2 Å². The van der Waals surface area contributed by atoms with Crippen LogP contribution in [0.25, 0.3) is 0 Å². The quantitative estimate of drug-likeness (QED) is 0.824. The summed E-state index contributed by atoms with van der Waals surface area (Å²) in [5.74, 6) is -3.42. The number of carboxylic acid groups (broad SMARTS) is 1. The first kappa shape index (κ1) is 15.7. The van der Waals surface area contributed by atoms with Crippen LogP contribution in [0, 0.1) is 11.6 Å². The van der Waals surface area contributed by atoms with E-state index in [1.54, 1.807) is 0 Å². The Morgan fingerprint density at radius 3 is 2.23 bits per heavy atom. The van der Waals surface area contributed by atoms with E-state index in [2.05, 4.69) is 5.32 Å². The molecule has 0 aromatic heterocycles. The number of rotatable bonds is 3. The summed E-state index contributed by atoms with van der Waals surface area (Å²) in [4.78, 5) is 11.0. The molecule has 2 N–H and O–H groups in total.